The van der Waals surface area contributed by atoms with E-state index in [4.69, 9.17) is 9.15 Å². The van der Waals surface area contributed by atoms with Crippen molar-refractivity contribution in [2.24, 2.45) is 0 Å². The average molecular weight is 411 g/mol. The Labute approximate surface area is 170 Å². The number of carbonyl (C=O) groups excluding carboxylic acids is 1. The van der Waals surface area contributed by atoms with E-state index < -0.39 is 0 Å². The molecule has 7 heteroatoms. The third-order valence-corrected chi connectivity index (χ3v) is 6.06. The molecule has 0 fully saturated rings. The van der Waals surface area contributed by atoms with Crippen LogP contribution in [0.4, 0.5) is 5.69 Å². The van der Waals surface area contributed by atoms with Crippen LogP contribution in [0.25, 0.3) is 10.2 Å². The molecular weight excluding hydrogens is 392 g/mol. The van der Waals surface area contributed by atoms with E-state index in [1.54, 1.807) is 35.2 Å². The van der Waals surface area contributed by atoms with Gasteiger partial charge in [0.25, 0.3) is 5.91 Å². The van der Waals surface area contributed by atoms with Crippen LogP contribution in [0.2, 0.25) is 0 Å². The van der Waals surface area contributed by atoms with Crippen molar-refractivity contribution in [2.75, 3.05) is 17.7 Å². The molecule has 1 amide bonds. The molecule has 2 heterocycles. The molecule has 0 unspecified atom stereocenters. The van der Waals surface area contributed by atoms with Crippen molar-refractivity contribution in [2.45, 2.75) is 11.3 Å². The highest BCUT2D eigenvalue weighted by Crippen LogP contribution is 2.31. The predicted molar refractivity (Wildman–Crippen MR) is 114 cm³/mol. The molecule has 0 radical (unpaired) electrons. The maximum atomic E-state index is 12.1. The smallest absolute Gasteiger partial charge is 0.291 e. The molecule has 2 aromatic heterocycles. The Hall–Kier alpha value is -2.77. The van der Waals surface area contributed by atoms with Crippen molar-refractivity contribution in [1.82, 2.24) is 4.98 Å². The number of amides is 1. The molecule has 1 N–H and O–H groups in total. The molecule has 0 aliphatic heterocycles. The second-order valence-electron chi connectivity index (χ2n) is 6.11. The number of benzene rings is 2. The molecule has 0 saturated carbocycles. The van der Waals surface area contributed by atoms with Gasteiger partial charge < -0.3 is 14.5 Å². The summed E-state index contributed by atoms with van der Waals surface area (Å²) in [6, 6.07) is 17.0. The number of fused-ring (bicyclic) bond motifs is 1. The quantitative estimate of drug-likeness (QED) is 0.316. The van der Waals surface area contributed by atoms with Gasteiger partial charge in [0.2, 0.25) is 0 Å². The van der Waals surface area contributed by atoms with Crippen molar-refractivity contribution in [3.8, 4) is 5.75 Å². The Bertz CT molecular complexity index is 1090. The molecule has 28 heavy (non-hydrogen) atoms. The molecule has 4 rings (SSSR count). The van der Waals surface area contributed by atoms with Gasteiger partial charge in [0.15, 0.2) is 10.1 Å². The minimum absolute atomic E-state index is 0.267. The van der Waals surface area contributed by atoms with Crippen LogP contribution in [-0.2, 0) is 0 Å². The summed E-state index contributed by atoms with van der Waals surface area (Å²) in [6.45, 7) is 2.67. The van der Waals surface area contributed by atoms with Gasteiger partial charge in [0.05, 0.1) is 23.1 Å². The number of hydrogen-bond donors (Lipinski definition) is 1. The van der Waals surface area contributed by atoms with E-state index in [1.165, 1.54) is 11.8 Å². The Morgan fingerprint density at radius 1 is 1.21 bits per heavy atom. The lowest BCUT2D eigenvalue weighted by molar-refractivity contribution is 0.0996. The van der Waals surface area contributed by atoms with E-state index >= 15 is 0 Å². The van der Waals surface area contributed by atoms with E-state index in [0.29, 0.717) is 6.61 Å². The SMILES string of the molecule is Cc1cccc(OCCSc2nc3ccc(NC(=O)c4ccco4)cc3s2)c1. The number of aryl methyl sites for hydroxylation is 1. The zero-order valence-electron chi connectivity index (χ0n) is 15.2. The molecule has 142 valence electrons. The molecule has 0 bridgehead atoms. The van der Waals surface area contributed by atoms with Crippen LogP contribution in [-0.4, -0.2) is 23.3 Å². The fraction of sp³-hybridized carbons (Fsp3) is 0.143. The first-order valence-electron chi connectivity index (χ1n) is 8.75. The zero-order chi connectivity index (χ0) is 19.3. The van der Waals surface area contributed by atoms with Crippen LogP contribution in [0, 0.1) is 6.92 Å². The number of hydrogen-bond acceptors (Lipinski definition) is 6. The lowest BCUT2D eigenvalue weighted by atomic mass is 10.2. The van der Waals surface area contributed by atoms with Crippen LogP contribution >= 0.6 is 23.1 Å². The Kier molecular flexibility index (Phi) is 5.64. The summed E-state index contributed by atoms with van der Waals surface area (Å²) in [7, 11) is 0. The van der Waals surface area contributed by atoms with E-state index in [-0.39, 0.29) is 11.7 Å². The van der Waals surface area contributed by atoms with E-state index in [0.717, 1.165) is 31.7 Å². The van der Waals surface area contributed by atoms with Gasteiger partial charge in [0, 0.05) is 11.4 Å². The molecule has 0 aliphatic rings. The Morgan fingerprint density at radius 2 is 2.14 bits per heavy atom. The topological polar surface area (TPSA) is 64.4 Å². The maximum absolute atomic E-state index is 12.1. The molecule has 5 nitrogen and oxygen atoms in total. The summed E-state index contributed by atoms with van der Waals surface area (Å²) < 4.78 is 12.9. The van der Waals surface area contributed by atoms with Crippen LogP contribution < -0.4 is 10.1 Å². The van der Waals surface area contributed by atoms with Gasteiger partial charge in [-0.3, -0.25) is 4.79 Å². The summed E-state index contributed by atoms with van der Waals surface area (Å²) in [5, 5.41) is 2.84. The highest BCUT2D eigenvalue weighted by atomic mass is 32.2. The lowest BCUT2D eigenvalue weighted by Gasteiger charge is -2.05. The lowest BCUT2D eigenvalue weighted by Crippen LogP contribution is -2.10. The number of carbonyl (C=O) groups is 1. The van der Waals surface area contributed by atoms with Crippen molar-refractivity contribution >= 4 is 44.9 Å². The normalized spacial score (nSPS) is 10.9. The molecule has 2 aromatic carbocycles. The summed E-state index contributed by atoms with van der Waals surface area (Å²) in [4.78, 5) is 16.7. The van der Waals surface area contributed by atoms with Gasteiger partial charge in [-0.05, 0) is 55.0 Å². The van der Waals surface area contributed by atoms with Crippen molar-refractivity contribution in [1.29, 1.82) is 0 Å². The molecule has 0 saturated heterocycles. The molecule has 0 atom stereocenters. The summed E-state index contributed by atoms with van der Waals surface area (Å²) in [5.41, 5.74) is 2.83. The zero-order valence-corrected chi connectivity index (χ0v) is 16.8. The maximum Gasteiger partial charge on any atom is 0.291 e. The Morgan fingerprint density at radius 3 is 2.96 bits per heavy atom. The number of aromatic nitrogens is 1. The van der Waals surface area contributed by atoms with Gasteiger partial charge in [-0.1, -0.05) is 23.9 Å². The standard InChI is InChI=1S/C21H18N2O3S2/c1-14-4-2-5-16(12-14)25-10-11-27-21-23-17-8-7-15(13-19(17)28-21)22-20(24)18-6-3-9-26-18/h2-9,12-13H,10-11H2,1H3,(H,22,24). The number of nitrogens with zero attached hydrogens (tertiary/aromatic N) is 1. The summed E-state index contributed by atoms with van der Waals surface area (Å²) >= 11 is 3.27. The van der Waals surface area contributed by atoms with E-state index in [9.17, 15) is 4.79 Å². The number of nitrogens with one attached hydrogen (secondary N) is 1. The van der Waals surface area contributed by atoms with Gasteiger partial charge >= 0.3 is 0 Å². The average Bonchev–Trinajstić information content (AvgIpc) is 3.34. The first-order valence-corrected chi connectivity index (χ1v) is 10.6. The van der Waals surface area contributed by atoms with Crippen LogP contribution in [0.3, 0.4) is 0 Å². The molecule has 0 spiro atoms. The number of furan rings is 1. The third-order valence-electron chi connectivity index (χ3n) is 3.94. The minimum atomic E-state index is -0.267. The number of ether oxygens (including phenoxy) is 1. The number of rotatable bonds is 7. The van der Waals surface area contributed by atoms with Crippen LogP contribution in [0.15, 0.2) is 69.6 Å². The fourth-order valence-electron chi connectivity index (χ4n) is 2.64. The van der Waals surface area contributed by atoms with Gasteiger partial charge in [0.1, 0.15) is 5.75 Å². The van der Waals surface area contributed by atoms with Gasteiger partial charge in [-0.2, -0.15) is 0 Å². The van der Waals surface area contributed by atoms with Crippen molar-refractivity contribution < 1.29 is 13.9 Å². The molecule has 0 aliphatic carbocycles. The highest BCUT2D eigenvalue weighted by molar-refractivity contribution is 8.01. The second kappa shape index (κ2) is 8.50. The number of thioether (sulfide) groups is 1. The highest BCUT2D eigenvalue weighted by Gasteiger charge is 2.10. The van der Waals surface area contributed by atoms with Crippen LogP contribution in [0.5, 0.6) is 5.75 Å². The number of thiazole rings is 1. The van der Waals surface area contributed by atoms with Gasteiger partial charge in [-0.15, -0.1) is 11.3 Å². The first kappa shape index (κ1) is 18.6. The molecule has 4 aromatic rings. The third kappa shape index (κ3) is 4.55. The fourth-order valence-corrected chi connectivity index (χ4v) is 4.63. The summed E-state index contributed by atoms with van der Waals surface area (Å²) in [6.07, 6.45) is 1.48. The number of anilines is 1. The molecular formula is C21H18N2O3S2. The van der Waals surface area contributed by atoms with Gasteiger partial charge in [-0.25, -0.2) is 4.98 Å². The first-order chi connectivity index (χ1) is 13.7. The van der Waals surface area contributed by atoms with E-state index in [1.807, 2.05) is 49.4 Å². The Balaban J connectivity index is 1.34. The van der Waals surface area contributed by atoms with Crippen LogP contribution in [0.1, 0.15) is 16.1 Å². The predicted octanol–water partition coefficient (Wildman–Crippen LogP) is 5.62. The van der Waals surface area contributed by atoms with Crippen molar-refractivity contribution in [3.63, 3.8) is 0 Å². The minimum Gasteiger partial charge on any atom is -0.493 e. The van der Waals surface area contributed by atoms with E-state index in [2.05, 4.69) is 10.3 Å². The summed E-state index contributed by atoms with van der Waals surface area (Å²) in [5.74, 6) is 1.73. The largest absolute Gasteiger partial charge is 0.493 e. The van der Waals surface area contributed by atoms with Crippen molar-refractivity contribution in [3.05, 3.63) is 72.2 Å². The monoisotopic (exact) mass is 410 g/mol. The second-order valence-corrected chi connectivity index (χ2v) is 8.48.